The van der Waals surface area contributed by atoms with E-state index in [9.17, 15) is 19.5 Å². The van der Waals surface area contributed by atoms with Crippen LogP contribution in [0.5, 0.6) is 0 Å². The maximum Gasteiger partial charge on any atom is 0.407 e. The zero-order valence-electron chi connectivity index (χ0n) is 19.0. The van der Waals surface area contributed by atoms with E-state index in [1.807, 2.05) is 24.3 Å². The van der Waals surface area contributed by atoms with E-state index in [2.05, 4.69) is 34.9 Å². The summed E-state index contributed by atoms with van der Waals surface area (Å²) < 4.78 is 5.65. The predicted octanol–water partition coefficient (Wildman–Crippen LogP) is 4.06. The molecule has 5 rings (SSSR count). The summed E-state index contributed by atoms with van der Waals surface area (Å²) in [6, 6.07) is 15.7. The molecule has 0 unspecified atom stereocenters. The third-order valence-corrected chi connectivity index (χ3v) is 7.66. The Bertz CT molecular complexity index is 1050. The van der Waals surface area contributed by atoms with E-state index >= 15 is 0 Å². The third-order valence-electron chi connectivity index (χ3n) is 7.66. The highest BCUT2D eigenvalue weighted by molar-refractivity contribution is 5.82. The van der Waals surface area contributed by atoms with Crippen molar-refractivity contribution in [2.45, 2.75) is 56.5 Å². The predicted molar refractivity (Wildman–Crippen MR) is 126 cm³/mol. The van der Waals surface area contributed by atoms with E-state index in [1.54, 1.807) is 0 Å². The second-order valence-corrected chi connectivity index (χ2v) is 9.60. The van der Waals surface area contributed by atoms with Gasteiger partial charge < -0.3 is 20.5 Å². The van der Waals surface area contributed by atoms with Crippen LogP contribution >= 0.6 is 0 Å². The molecule has 0 aliphatic heterocycles. The summed E-state index contributed by atoms with van der Waals surface area (Å²) in [5, 5.41) is 15.2. The summed E-state index contributed by atoms with van der Waals surface area (Å²) in [6.45, 7) is 0.228. The van der Waals surface area contributed by atoms with Crippen LogP contribution in [0.4, 0.5) is 4.79 Å². The summed E-state index contributed by atoms with van der Waals surface area (Å²) in [7, 11) is 0. The van der Waals surface area contributed by atoms with Gasteiger partial charge in [-0.1, -0.05) is 61.4 Å². The molecule has 2 aromatic carbocycles. The number of carboxylic acids is 1. The molecule has 178 valence electrons. The SMILES string of the molecule is O=C(N[C@@H]1CCC[C@@H]1C(=O)N[C@@H]1CCC[C@@H]1C(=O)O)OCC1c2ccccc2-c2ccccc21. The van der Waals surface area contributed by atoms with Crippen molar-refractivity contribution in [1.82, 2.24) is 10.6 Å². The molecule has 0 saturated heterocycles. The number of benzene rings is 2. The summed E-state index contributed by atoms with van der Waals surface area (Å²) in [4.78, 5) is 37.0. The molecule has 34 heavy (non-hydrogen) atoms. The Morgan fingerprint density at radius 2 is 1.35 bits per heavy atom. The molecule has 7 nitrogen and oxygen atoms in total. The van der Waals surface area contributed by atoms with Gasteiger partial charge in [0.2, 0.25) is 5.91 Å². The normalized spacial score (nSPS) is 25.4. The molecule has 0 bridgehead atoms. The Labute approximate surface area is 198 Å². The molecule has 3 aliphatic carbocycles. The van der Waals surface area contributed by atoms with Crippen molar-refractivity contribution < 1.29 is 24.2 Å². The Morgan fingerprint density at radius 3 is 1.97 bits per heavy atom. The fraction of sp³-hybridized carbons (Fsp3) is 0.444. The number of carbonyl (C=O) groups excluding carboxylic acids is 2. The monoisotopic (exact) mass is 462 g/mol. The molecule has 0 spiro atoms. The first-order chi connectivity index (χ1) is 16.5. The number of ether oxygens (including phenoxy) is 1. The molecule has 2 saturated carbocycles. The van der Waals surface area contributed by atoms with Gasteiger partial charge in [0.25, 0.3) is 0 Å². The van der Waals surface area contributed by atoms with Crippen molar-refractivity contribution in [3.8, 4) is 11.1 Å². The van der Waals surface area contributed by atoms with Crippen LogP contribution in [0.25, 0.3) is 11.1 Å². The number of nitrogens with one attached hydrogen (secondary N) is 2. The highest BCUT2D eigenvalue weighted by Crippen LogP contribution is 2.44. The van der Waals surface area contributed by atoms with Gasteiger partial charge in [-0.05, 0) is 47.9 Å². The van der Waals surface area contributed by atoms with Crippen LogP contribution in [0.3, 0.4) is 0 Å². The number of carboxylic acid groups (broad SMARTS) is 1. The fourth-order valence-electron chi connectivity index (χ4n) is 5.96. The molecule has 2 amide bonds. The number of hydrogen-bond donors (Lipinski definition) is 3. The van der Waals surface area contributed by atoms with Crippen LogP contribution in [-0.4, -0.2) is 41.8 Å². The van der Waals surface area contributed by atoms with Crippen molar-refractivity contribution in [3.05, 3.63) is 59.7 Å². The second kappa shape index (κ2) is 9.49. The van der Waals surface area contributed by atoms with E-state index < -0.39 is 18.0 Å². The van der Waals surface area contributed by atoms with Gasteiger partial charge in [0.15, 0.2) is 0 Å². The van der Waals surface area contributed by atoms with Crippen molar-refractivity contribution in [2.75, 3.05) is 6.61 Å². The summed E-state index contributed by atoms with van der Waals surface area (Å²) in [5.41, 5.74) is 4.65. The Kier molecular flexibility index (Phi) is 6.26. The number of amides is 2. The molecular formula is C27H30N2O5. The van der Waals surface area contributed by atoms with E-state index in [0.29, 0.717) is 25.7 Å². The lowest BCUT2D eigenvalue weighted by atomic mass is 9.98. The molecule has 0 aromatic heterocycles. The molecular weight excluding hydrogens is 432 g/mol. The van der Waals surface area contributed by atoms with E-state index in [1.165, 1.54) is 11.1 Å². The van der Waals surface area contributed by atoms with Crippen LogP contribution in [-0.2, 0) is 14.3 Å². The van der Waals surface area contributed by atoms with Gasteiger partial charge in [0, 0.05) is 18.0 Å². The minimum atomic E-state index is -0.859. The first kappa shape index (κ1) is 22.4. The van der Waals surface area contributed by atoms with Gasteiger partial charge in [0.1, 0.15) is 6.61 Å². The number of hydrogen-bond acceptors (Lipinski definition) is 4. The number of alkyl carbamates (subject to hydrolysis) is 1. The molecule has 2 fully saturated rings. The van der Waals surface area contributed by atoms with E-state index in [4.69, 9.17) is 4.74 Å². The quantitative estimate of drug-likeness (QED) is 0.600. The Balaban J connectivity index is 1.19. The summed E-state index contributed by atoms with van der Waals surface area (Å²) in [5.74, 6) is -1.94. The van der Waals surface area contributed by atoms with Crippen molar-refractivity contribution >= 4 is 18.0 Å². The lowest BCUT2D eigenvalue weighted by molar-refractivity contribution is -0.142. The topological polar surface area (TPSA) is 105 Å². The zero-order chi connectivity index (χ0) is 23.7. The molecule has 3 N–H and O–H groups in total. The van der Waals surface area contributed by atoms with Gasteiger partial charge in [-0.15, -0.1) is 0 Å². The fourth-order valence-corrected chi connectivity index (χ4v) is 5.96. The van der Waals surface area contributed by atoms with Crippen LogP contribution in [0.15, 0.2) is 48.5 Å². The summed E-state index contributed by atoms with van der Waals surface area (Å²) >= 11 is 0. The van der Waals surface area contributed by atoms with Crippen molar-refractivity contribution in [2.24, 2.45) is 11.8 Å². The molecule has 2 aromatic rings. The lowest BCUT2D eigenvalue weighted by Gasteiger charge is -2.24. The van der Waals surface area contributed by atoms with Gasteiger partial charge in [-0.2, -0.15) is 0 Å². The average molecular weight is 463 g/mol. The van der Waals surface area contributed by atoms with Crippen LogP contribution in [0.2, 0.25) is 0 Å². The largest absolute Gasteiger partial charge is 0.481 e. The van der Waals surface area contributed by atoms with Gasteiger partial charge in [-0.3, -0.25) is 9.59 Å². The van der Waals surface area contributed by atoms with E-state index in [0.717, 1.165) is 24.0 Å². The number of carbonyl (C=O) groups is 3. The van der Waals surface area contributed by atoms with Gasteiger partial charge in [0.05, 0.1) is 11.8 Å². The standard InChI is InChI=1S/C27H30N2O5/c30-25(28-24-14-6-12-21(24)26(31)32)20-11-5-13-23(20)29-27(33)34-15-22-18-9-3-1-7-16(18)17-8-2-4-10-19(17)22/h1-4,7-10,20-24H,5-6,11-15H2,(H,28,30)(H,29,33)(H,31,32)/t20-,21-,23+,24+/m0/s1. The van der Waals surface area contributed by atoms with Crippen LogP contribution < -0.4 is 10.6 Å². The Hall–Kier alpha value is -3.35. The molecule has 3 aliphatic rings. The second-order valence-electron chi connectivity index (χ2n) is 9.60. The number of aliphatic carboxylic acids is 1. The lowest BCUT2D eigenvalue weighted by Crippen LogP contribution is -2.48. The van der Waals surface area contributed by atoms with Crippen molar-refractivity contribution in [1.29, 1.82) is 0 Å². The molecule has 7 heteroatoms. The summed E-state index contributed by atoms with van der Waals surface area (Å²) in [6.07, 6.45) is 3.76. The third kappa shape index (κ3) is 4.27. The maximum absolute atomic E-state index is 12.9. The van der Waals surface area contributed by atoms with Gasteiger partial charge in [-0.25, -0.2) is 4.79 Å². The van der Waals surface area contributed by atoms with Crippen LogP contribution in [0, 0.1) is 11.8 Å². The highest BCUT2D eigenvalue weighted by atomic mass is 16.5. The zero-order valence-corrected chi connectivity index (χ0v) is 19.0. The average Bonchev–Trinajstić information content (AvgIpc) is 3.55. The first-order valence-corrected chi connectivity index (χ1v) is 12.2. The highest BCUT2D eigenvalue weighted by Gasteiger charge is 2.39. The number of fused-ring (bicyclic) bond motifs is 3. The molecule has 0 heterocycles. The van der Waals surface area contributed by atoms with Gasteiger partial charge >= 0.3 is 12.1 Å². The molecule has 4 atom stereocenters. The number of rotatable bonds is 6. The van der Waals surface area contributed by atoms with Crippen molar-refractivity contribution in [3.63, 3.8) is 0 Å². The van der Waals surface area contributed by atoms with Crippen LogP contribution in [0.1, 0.15) is 55.6 Å². The maximum atomic E-state index is 12.9. The molecule has 0 radical (unpaired) electrons. The minimum absolute atomic E-state index is 0.0175. The first-order valence-electron chi connectivity index (χ1n) is 12.2. The van der Waals surface area contributed by atoms with E-state index in [-0.39, 0.29) is 36.4 Å². The smallest absolute Gasteiger partial charge is 0.407 e. The Morgan fingerprint density at radius 1 is 0.794 bits per heavy atom. The minimum Gasteiger partial charge on any atom is -0.481 e.